The maximum atomic E-state index is 12.6. The van der Waals surface area contributed by atoms with Gasteiger partial charge in [0.15, 0.2) is 0 Å². The van der Waals surface area contributed by atoms with E-state index >= 15 is 0 Å². The molecule has 0 radical (unpaired) electrons. The van der Waals surface area contributed by atoms with Gasteiger partial charge in [-0.15, -0.1) is 0 Å². The van der Waals surface area contributed by atoms with Crippen LogP contribution >= 0.6 is 0 Å². The van der Waals surface area contributed by atoms with E-state index < -0.39 is 5.92 Å². The summed E-state index contributed by atoms with van der Waals surface area (Å²) in [5, 5.41) is 5.59. The van der Waals surface area contributed by atoms with Crippen LogP contribution in [0.4, 0.5) is 11.4 Å². The first-order valence-corrected chi connectivity index (χ1v) is 9.05. The van der Waals surface area contributed by atoms with Gasteiger partial charge in [0.05, 0.1) is 18.7 Å². The topological polar surface area (TPSA) is 87.7 Å². The molecular formula is C21H23N3O4. The second kappa shape index (κ2) is 8.56. The summed E-state index contributed by atoms with van der Waals surface area (Å²) in [6, 6.07) is 14.5. The van der Waals surface area contributed by atoms with Crippen molar-refractivity contribution < 1.29 is 19.1 Å². The van der Waals surface area contributed by atoms with Gasteiger partial charge in [0.1, 0.15) is 5.75 Å². The number of methoxy groups -OCH3 is 1. The lowest BCUT2D eigenvalue weighted by molar-refractivity contribution is -0.126. The Labute approximate surface area is 163 Å². The number of anilines is 2. The number of ether oxygens (including phenoxy) is 1. The van der Waals surface area contributed by atoms with Gasteiger partial charge in [0.2, 0.25) is 17.7 Å². The van der Waals surface area contributed by atoms with Crippen LogP contribution in [0.25, 0.3) is 0 Å². The van der Waals surface area contributed by atoms with E-state index in [2.05, 4.69) is 10.6 Å². The Hall–Kier alpha value is -3.35. The Kier molecular flexibility index (Phi) is 5.93. The molecule has 1 aliphatic heterocycles. The second-order valence-corrected chi connectivity index (χ2v) is 6.68. The van der Waals surface area contributed by atoms with E-state index in [1.165, 1.54) is 6.92 Å². The van der Waals surface area contributed by atoms with Gasteiger partial charge in [-0.1, -0.05) is 24.3 Å². The number of carbonyl (C=O) groups is 3. The van der Waals surface area contributed by atoms with Crippen LogP contribution in [-0.4, -0.2) is 31.4 Å². The molecule has 1 atom stereocenters. The number of hydrogen-bond acceptors (Lipinski definition) is 4. The molecule has 7 nitrogen and oxygen atoms in total. The molecule has 2 aromatic rings. The zero-order valence-electron chi connectivity index (χ0n) is 15.9. The first-order valence-electron chi connectivity index (χ1n) is 9.05. The molecule has 3 amide bonds. The summed E-state index contributed by atoms with van der Waals surface area (Å²) in [5.41, 5.74) is 2.22. The molecule has 2 N–H and O–H groups in total. The molecule has 0 spiro atoms. The van der Waals surface area contributed by atoms with Crippen LogP contribution in [0.5, 0.6) is 5.75 Å². The Balaban J connectivity index is 1.61. The molecule has 146 valence electrons. The van der Waals surface area contributed by atoms with E-state index in [0.29, 0.717) is 30.2 Å². The number of amides is 3. The number of carbonyl (C=O) groups excluding carboxylic acids is 3. The predicted molar refractivity (Wildman–Crippen MR) is 106 cm³/mol. The normalized spacial score (nSPS) is 16.0. The Morgan fingerprint density at radius 3 is 2.71 bits per heavy atom. The molecular weight excluding hydrogens is 358 g/mol. The van der Waals surface area contributed by atoms with E-state index in [1.807, 2.05) is 36.4 Å². The number of hydrogen-bond donors (Lipinski definition) is 2. The molecule has 1 heterocycles. The second-order valence-electron chi connectivity index (χ2n) is 6.68. The summed E-state index contributed by atoms with van der Waals surface area (Å²) in [4.78, 5) is 37.8. The van der Waals surface area contributed by atoms with Gasteiger partial charge in [0.25, 0.3) is 0 Å². The van der Waals surface area contributed by atoms with Gasteiger partial charge >= 0.3 is 0 Å². The average Bonchev–Trinajstić information content (AvgIpc) is 3.07. The van der Waals surface area contributed by atoms with Crippen molar-refractivity contribution in [2.45, 2.75) is 19.9 Å². The van der Waals surface area contributed by atoms with Gasteiger partial charge in [0, 0.05) is 32.1 Å². The predicted octanol–water partition coefficient (Wildman–Crippen LogP) is 2.32. The quantitative estimate of drug-likeness (QED) is 0.804. The minimum atomic E-state index is -0.420. The average molecular weight is 381 g/mol. The van der Waals surface area contributed by atoms with Crippen molar-refractivity contribution in [2.75, 3.05) is 23.9 Å². The fraction of sp³-hybridized carbons (Fsp3) is 0.286. The molecule has 0 aromatic heterocycles. The summed E-state index contributed by atoms with van der Waals surface area (Å²) >= 11 is 0. The molecule has 7 heteroatoms. The maximum Gasteiger partial charge on any atom is 0.227 e. The minimum absolute atomic E-state index is 0.0997. The maximum absolute atomic E-state index is 12.6. The highest BCUT2D eigenvalue weighted by molar-refractivity contribution is 6.01. The summed E-state index contributed by atoms with van der Waals surface area (Å²) in [7, 11) is 1.55. The van der Waals surface area contributed by atoms with Crippen LogP contribution < -0.4 is 20.3 Å². The zero-order valence-corrected chi connectivity index (χ0v) is 15.9. The smallest absolute Gasteiger partial charge is 0.227 e. The third-order valence-corrected chi connectivity index (χ3v) is 4.59. The molecule has 1 unspecified atom stereocenters. The Bertz CT molecular complexity index is 897. The van der Waals surface area contributed by atoms with Crippen molar-refractivity contribution in [3.05, 3.63) is 54.1 Å². The number of benzene rings is 2. The molecule has 28 heavy (non-hydrogen) atoms. The van der Waals surface area contributed by atoms with Gasteiger partial charge in [-0.25, -0.2) is 0 Å². The summed E-state index contributed by atoms with van der Waals surface area (Å²) in [6.07, 6.45) is 0.163. The lowest BCUT2D eigenvalue weighted by Gasteiger charge is -2.19. The highest BCUT2D eigenvalue weighted by Crippen LogP contribution is 2.32. The highest BCUT2D eigenvalue weighted by atomic mass is 16.5. The SMILES string of the molecule is COc1ccccc1N1CC(C(=O)NCc2cccc(NC(C)=O)c2)CC1=O. The monoisotopic (exact) mass is 381 g/mol. The fourth-order valence-corrected chi connectivity index (χ4v) is 3.26. The molecule has 1 saturated heterocycles. The van der Waals surface area contributed by atoms with E-state index in [-0.39, 0.29) is 24.1 Å². The molecule has 0 aliphatic carbocycles. The van der Waals surface area contributed by atoms with E-state index in [0.717, 1.165) is 5.56 Å². The van der Waals surface area contributed by atoms with Crippen molar-refractivity contribution in [3.8, 4) is 5.75 Å². The first kappa shape index (κ1) is 19.4. The van der Waals surface area contributed by atoms with E-state index in [4.69, 9.17) is 4.74 Å². The van der Waals surface area contributed by atoms with Gasteiger partial charge < -0.3 is 20.3 Å². The van der Waals surface area contributed by atoms with Gasteiger partial charge in [-0.05, 0) is 29.8 Å². The minimum Gasteiger partial charge on any atom is -0.495 e. The van der Waals surface area contributed by atoms with Crippen molar-refractivity contribution in [1.82, 2.24) is 5.32 Å². The van der Waals surface area contributed by atoms with Gasteiger partial charge in [-0.3, -0.25) is 14.4 Å². The third kappa shape index (κ3) is 4.49. The zero-order chi connectivity index (χ0) is 20.1. The number of nitrogens with zero attached hydrogens (tertiary/aromatic N) is 1. The largest absolute Gasteiger partial charge is 0.495 e. The molecule has 0 bridgehead atoms. The van der Waals surface area contributed by atoms with Crippen LogP contribution in [-0.2, 0) is 20.9 Å². The summed E-state index contributed by atoms with van der Waals surface area (Å²) < 4.78 is 5.32. The number of rotatable bonds is 6. The first-order chi connectivity index (χ1) is 13.5. The van der Waals surface area contributed by atoms with Crippen LogP contribution in [0.3, 0.4) is 0 Å². The van der Waals surface area contributed by atoms with Crippen LogP contribution in [0.2, 0.25) is 0 Å². The Morgan fingerprint density at radius 2 is 1.96 bits per heavy atom. The molecule has 1 aliphatic rings. The third-order valence-electron chi connectivity index (χ3n) is 4.59. The van der Waals surface area contributed by atoms with Crippen molar-refractivity contribution in [2.24, 2.45) is 5.92 Å². The Morgan fingerprint density at radius 1 is 1.18 bits per heavy atom. The molecule has 3 rings (SSSR count). The van der Waals surface area contributed by atoms with Crippen molar-refractivity contribution in [1.29, 1.82) is 0 Å². The van der Waals surface area contributed by atoms with E-state index in [9.17, 15) is 14.4 Å². The molecule has 0 saturated carbocycles. The molecule has 2 aromatic carbocycles. The van der Waals surface area contributed by atoms with Crippen LogP contribution in [0.15, 0.2) is 48.5 Å². The summed E-state index contributed by atoms with van der Waals surface area (Å²) in [5.74, 6) is -0.238. The van der Waals surface area contributed by atoms with Crippen LogP contribution in [0, 0.1) is 5.92 Å². The van der Waals surface area contributed by atoms with Crippen LogP contribution in [0.1, 0.15) is 18.9 Å². The number of para-hydroxylation sites is 2. The lowest BCUT2D eigenvalue weighted by atomic mass is 10.1. The summed E-state index contributed by atoms with van der Waals surface area (Å²) in [6.45, 7) is 2.08. The van der Waals surface area contributed by atoms with E-state index in [1.54, 1.807) is 24.1 Å². The van der Waals surface area contributed by atoms with Crippen molar-refractivity contribution >= 4 is 29.1 Å². The van der Waals surface area contributed by atoms with Gasteiger partial charge in [-0.2, -0.15) is 0 Å². The highest BCUT2D eigenvalue weighted by Gasteiger charge is 2.36. The standard InChI is InChI=1S/C21H23N3O4/c1-14(25)23-17-7-5-6-15(10-17)12-22-21(27)16-11-20(26)24(13-16)18-8-3-4-9-19(18)28-2/h3-10,16H,11-13H2,1-2H3,(H,22,27)(H,23,25). The molecule has 1 fully saturated rings. The van der Waals surface area contributed by atoms with Crippen molar-refractivity contribution in [3.63, 3.8) is 0 Å². The number of nitrogens with one attached hydrogen (secondary N) is 2. The fourth-order valence-electron chi connectivity index (χ4n) is 3.26. The lowest BCUT2D eigenvalue weighted by Crippen LogP contribution is -2.32.